The van der Waals surface area contributed by atoms with Crippen molar-refractivity contribution in [1.29, 1.82) is 0 Å². The van der Waals surface area contributed by atoms with Gasteiger partial charge >= 0.3 is 0 Å². The van der Waals surface area contributed by atoms with E-state index < -0.39 is 0 Å². The Balaban J connectivity index is 2.64. The van der Waals surface area contributed by atoms with Crippen molar-refractivity contribution in [2.24, 2.45) is 4.99 Å². The highest BCUT2D eigenvalue weighted by atomic mass is 15.4. The second kappa shape index (κ2) is 4.05. The third kappa shape index (κ3) is 2.29. The Kier molecular flexibility index (Phi) is 3.01. The summed E-state index contributed by atoms with van der Waals surface area (Å²) < 4.78 is 0. The molecular formula is C8H13N3. The van der Waals surface area contributed by atoms with E-state index in [4.69, 9.17) is 5.84 Å². The van der Waals surface area contributed by atoms with Crippen LogP contribution in [0.15, 0.2) is 29.0 Å². The zero-order valence-corrected chi connectivity index (χ0v) is 6.67. The van der Waals surface area contributed by atoms with Gasteiger partial charge in [0.25, 0.3) is 0 Å². The van der Waals surface area contributed by atoms with E-state index >= 15 is 0 Å². The van der Waals surface area contributed by atoms with Crippen molar-refractivity contribution in [3.63, 3.8) is 0 Å². The van der Waals surface area contributed by atoms with E-state index in [0.29, 0.717) is 5.01 Å². The van der Waals surface area contributed by atoms with E-state index in [2.05, 4.69) is 4.99 Å². The molecule has 1 atom stereocenters. The second-order valence-corrected chi connectivity index (χ2v) is 2.39. The summed E-state index contributed by atoms with van der Waals surface area (Å²) in [6.45, 7) is 2.76. The monoisotopic (exact) mass is 151 g/mol. The van der Waals surface area contributed by atoms with Gasteiger partial charge in [0.15, 0.2) is 0 Å². The topological polar surface area (TPSA) is 40.6 Å². The number of rotatable bonds is 2. The van der Waals surface area contributed by atoms with Gasteiger partial charge in [-0.15, -0.1) is 0 Å². The van der Waals surface area contributed by atoms with E-state index in [9.17, 15) is 0 Å². The third-order valence-electron chi connectivity index (χ3n) is 1.58. The lowest BCUT2D eigenvalue weighted by molar-refractivity contribution is -0.797. The molecule has 0 aromatic carbocycles. The predicted octanol–water partition coefficient (Wildman–Crippen LogP) is 0.731. The molecule has 0 amide bonds. The van der Waals surface area contributed by atoms with Gasteiger partial charge in [-0.05, 0) is 19.4 Å². The molecule has 11 heavy (non-hydrogen) atoms. The molecule has 1 heterocycles. The molecule has 0 saturated heterocycles. The van der Waals surface area contributed by atoms with Gasteiger partial charge in [0.1, 0.15) is 5.70 Å². The van der Waals surface area contributed by atoms with Crippen LogP contribution in [0.1, 0.15) is 13.3 Å². The Morgan fingerprint density at radius 1 is 1.73 bits per heavy atom. The van der Waals surface area contributed by atoms with E-state index in [1.165, 1.54) is 0 Å². The fourth-order valence-corrected chi connectivity index (χ4v) is 0.898. The van der Waals surface area contributed by atoms with Crippen molar-refractivity contribution in [2.45, 2.75) is 13.3 Å². The van der Waals surface area contributed by atoms with Gasteiger partial charge in [-0.3, -0.25) is 4.99 Å². The molecule has 1 unspecified atom stereocenters. The first-order valence-corrected chi connectivity index (χ1v) is 3.80. The Morgan fingerprint density at radius 2 is 2.55 bits per heavy atom. The molecular weight excluding hydrogens is 138 g/mol. The smallest absolute Gasteiger partial charge is 0.136 e. The van der Waals surface area contributed by atoms with Crippen molar-refractivity contribution in [3.05, 3.63) is 29.9 Å². The van der Waals surface area contributed by atoms with Crippen molar-refractivity contribution in [3.8, 4) is 0 Å². The van der Waals surface area contributed by atoms with E-state index in [1.807, 2.05) is 19.1 Å². The zero-order valence-electron chi connectivity index (χ0n) is 6.67. The molecule has 60 valence electrons. The summed E-state index contributed by atoms with van der Waals surface area (Å²) in [4.78, 5) is 4.01. The third-order valence-corrected chi connectivity index (χ3v) is 1.58. The predicted molar refractivity (Wildman–Crippen MR) is 46.2 cm³/mol. The van der Waals surface area contributed by atoms with Gasteiger partial charge in [0, 0.05) is 6.20 Å². The molecule has 1 aliphatic rings. The maximum absolute atomic E-state index is 7.54. The van der Waals surface area contributed by atoms with Gasteiger partial charge in [0.05, 0.1) is 12.8 Å². The molecule has 0 saturated carbocycles. The highest BCUT2D eigenvalue weighted by Crippen LogP contribution is 1.93. The number of aliphatic imine (C=N–C) groups is 1. The van der Waals surface area contributed by atoms with E-state index in [0.717, 1.165) is 18.7 Å². The largest absolute Gasteiger partial charge is 0.464 e. The molecule has 2 N–H and O–H groups in total. The molecule has 0 aliphatic carbocycles. The second-order valence-electron chi connectivity index (χ2n) is 2.39. The van der Waals surface area contributed by atoms with Gasteiger partial charge in [-0.2, -0.15) is 0 Å². The average Bonchev–Trinajstić information content (AvgIpc) is 2.30. The number of hydrogen-bond acceptors (Lipinski definition) is 1. The van der Waals surface area contributed by atoms with Crippen LogP contribution in [-0.4, -0.2) is 12.8 Å². The molecule has 1 rings (SSSR count). The summed E-state index contributed by atoms with van der Waals surface area (Å²) in [5.41, 5.74) is 0.956. The van der Waals surface area contributed by atoms with Crippen molar-refractivity contribution >= 4 is 6.21 Å². The van der Waals surface area contributed by atoms with Crippen LogP contribution in [0.4, 0.5) is 0 Å². The number of quaternary nitrogens is 1. The maximum Gasteiger partial charge on any atom is 0.136 e. The number of hydrogen-bond donors (Lipinski definition) is 1. The average molecular weight is 151 g/mol. The summed E-state index contributed by atoms with van der Waals surface area (Å²) in [6, 6.07) is 0. The Bertz CT molecular complexity index is 203. The Morgan fingerprint density at radius 3 is 3.27 bits per heavy atom. The minimum atomic E-state index is 0.664. The van der Waals surface area contributed by atoms with Crippen LogP contribution < -0.4 is 5.01 Å². The first kappa shape index (κ1) is 8.17. The lowest BCUT2D eigenvalue weighted by atomic mass is 10.3. The summed E-state index contributed by atoms with van der Waals surface area (Å²) in [6.07, 6.45) is 8.41. The molecule has 0 bridgehead atoms. The van der Waals surface area contributed by atoms with Crippen LogP contribution in [0.2, 0.25) is 0 Å². The van der Waals surface area contributed by atoms with Crippen LogP contribution in [0.5, 0.6) is 0 Å². The molecule has 3 heteroatoms. The summed E-state index contributed by atoms with van der Waals surface area (Å²) in [5.74, 6) is 7.54. The summed E-state index contributed by atoms with van der Waals surface area (Å²) in [7, 11) is 0. The fraction of sp³-hybridized carbons (Fsp3) is 0.375. The van der Waals surface area contributed by atoms with E-state index in [-0.39, 0.29) is 0 Å². The first-order valence-electron chi connectivity index (χ1n) is 3.80. The van der Waals surface area contributed by atoms with Crippen molar-refractivity contribution in [2.75, 3.05) is 6.54 Å². The molecule has 0 aromatic heterocycles. The van der Waals surface area contributed by atoms with Crippen LogP contribution in [0, 0.1) is 0 Å². The quantitative estimate of drug-likeness (QED) is 0.565. The van der Waals surface area contributed by atoms with Crippen molar-refractivity contribution in [1.82, 2.24) is 0 Å². The number of nitrogens with one attached hydrogen (secondary N) is 2. The van der Waals surface area contributed by atoms with Gasteiger partial charge in [-0.1, -0.05) is 6.08 Å². The zero-order chi connectivity index (χ0) is 8.10. The minimum absolute atomic E-state index is 0.664. The van der Waals surface area contributed by atoms with Gasteiger partial charge < -0.3 is 10.9 Å². The maximum atomic E-state index is 7.54. The fourth-order valence-electron chi connectivity index (χ4n) is 0.898. The highest BCUT2D eigenvalue weighted by molar-refractivity contribution is 5.76. The first-order chi connectivity index (χ1) is 5.34. The van der Waals surface area contributed by atoms with Crippen LogP contribution >= 0.6 is 0 Å². The lowest BCUT2D eigenvalue weighted by Gasteiger charge is -2.18. The van der Waals surface area contributed by atoms with Gasteiger partial charge in [-0.25, -0.2) is 0 Å². The lowest BCUT2D eigenvalue weighted by Crippen LogP contribution is -3.03. The van der Waals surface area contributed by atoms with E-state index in [1.54, 1.807) is 12.4 Å². The Hall–Kier alpha value is -0.930. The standard InChI is InChI=1S/C8H13N3/c1-2-11(9)8-5-3-4-6-10-7-8/h4-7,9,11H,2-3H2,1H3. The van der Waals surface area contributed by atoms with Crippen LogP contribution in [0.25, 0.3) is 5.84 Å². The molecule has 0 radical (unpaired) electrons. The van der Waals surface area contributed by atoms with Crippen LogP contribution in [-0.2, 0) is 0 Å². The summed E-state index contributed by atoms with van der Waals surface area (Å²) >= 11 is 0. The molecule has 3 nitrogen and oxygen atoms in total. The highest BCUT2D eigenvalue weighted by Gasteiger charge is 1.99. The Labute approximate surface area is 66.9 Å². The summed E-state index contributed by atoms with van der Waals surface area (Å²) in [5, 5.41) is 0.664. The molecule has 0 aromatic rings. The van der Waals surface area contributed by atoms with Gasteiger partial charge in [0.2, 0.25) is 0 Å². The van der Waals surface area contributed by atoms with Crippen LogP contribution in [0.3, 0.4) is 0 Å². The molecule has 1 aliphatic heterocycles. The SMILES string of the molecule is CC[NH+]([NH-])C1=CCC=CN=C1. The molecule has 0 fully saturated rings. The normalized spacial score (nSPS) is 19.3. The number of allylic oxidation sites excluding steroid dienone is 3. The van der Waals surface area contributed by atoms with Crippen molar-refractivity contribution < 1.29 is 5.01 Å². The molecule has 0 spiro atoms. The minimum Gasteiger partial charge on any atom is -0.464 e. The number of nitrogens with zero attached hydrogens (tertiary/aromatic N) is 1.